The van der Waals surface area contributed by atoms with Gasteiger partial charge in [-0.05, 0) is 24.2 Å². The van der Waals surface area contributed by atoms with Gasteiger partial charge in [-0.3, -0.25) is 0 Å². The van der Waals surface area contributed by atoms with Crippen LogP contribution in [0.1, 0.15) is 31.2 Å². The average molecular weight is 192 g/mol. The summed E-state index contributed by atoms with van der Waals surface area (Å²) in [6.07, 6.45) is 2.49. The summed E-state index contributed by atoms with van der Waals surface area (Å²) in [5.41, 5.74) is 1.20. The van der Waals surface area contributed by atoms with Gasteiger partial charge in [0.2, 0.25) is 0 Å². The first-order valence-electron chi connectivity index (χ1n) is 5.15. The maximum atomic E-state index is 8.97. The average Bonchev–Trinajstić information content (AvgIpc) is 2.18. The lowest BCUT2D eigenvalue weighted by molar-refractivity contribution is 0.396. The van der Waals surface area contributed by atoms with E-state index in [2.05, 4.69) is 6.92 Å². The molecule has 2 nitrogen and oxygen atoms in total. The van der Waals surface area contributed by atoms with Crippen LogP contribution in [0, 0.1) is 0 Å². The van der Waals surface area contributed by atoms with Gasteiger partial charge in [0.15, 0.2) is 0 Å². The van der Waals surface area contributed by atoms with Crippen LogP contribution in [0.5, 0.6) is 0 Å². The molecule has 1 rings (SSSR count). The van der Waals surface area contributed by atoms with Crippen LogP contribution in [-0.4, -0.2) is 17.2 Å². The van der Waals surface area contributed by atoms with Gasteiger partial charge < -0.3 is 10.0 Å². The molecule has 0 heterocycles. The molecule has 0 aromatic heterocycles. The molecule has 0 saturated carbocycles. The van der Waals surface area contributed by atoms with Gasteiger partial charge in [-0.2, -0.15) is 0 Å². The van der Waals surface area contributed by atoms with Gasteiger partial charge in [-0.15, -0.1) is 0 Å². The molecule has 0 radical (unpaired) electrons. The van der Waals surface area contributed by atoms with E-state index in [4.69, 9.17) is 10.0 Å². The van der Waals surface area contributed by atoms with E-state index < -0.39 is 7.12 Å². The van der Waals surface area contributed by atoms with Crippen LogP contribution in [0.25, 0.3) is 0 Å². The fourth-order valence-corrected chi connectivity index (χ4v) is 1.75. The molecule has 14 heavy (non-hydrogen) atoms. The molecule has 0 fully saturated rings. The highest BCUT2D eigenvalue weighted by Gasteiger charge is 2.17. The zero-order chi connectivity index (χ0) is 10.4. The summed E-state index contributed by atoms with van der Waals surface area (Å²) < 4.78 is 0. The quantitative estimate of drug-likeness (QED) is 0.700. The molecule has 1 aromatic rings. The summed E-state index contributed by atoms with van der Waals surface area (Å²) in [6, 6.07) is 10.0. The van der Waals surface area contributed by atoms with Crippen molar-refractivity contribution < 1.29 is 10.0 Å². The second-order valence-electron chi connectivity index (χ2n) is 3.61. The van der Waals surface area contributed by atoms with Crippen molar-refractivity contribution >= 4 is 7.12 Å². The molecule has 1 aromatic carbocycles. The van der Waals surface area contributed by atoms with Crippen LogP contribution < -0.4 is 0 Å². The standard InChI is InChI=1S/C11H17BO2/c1-2-6-11(9-12(13)14)10-7-4-3-5-8-10/h3-5,7-8,11,13-14H,2,6,9H2,1H3. The largest absolute Gasteiger partial charge is 0.452 e. The van der Waals surface area contributed by atoms with Crippen LogP contribution in [0.2, 0.25) is 6.32 Å². The molecule has 0 aliphatic rings. The van der Waals surface area contributed by atoms with Crippen LogP contribution in [0.15, 0.2) is 30.3 Å². The molecule has 3 heteroatoms. The Bertz CT molecular complexity index is 249. The van der Waals surface area contributed by atoms with E-state index in [-0.39, 0.29) is 5.92 Å². The van der Waals surface area contributed by atoms with Gasteiger partial charge in [0.1, 0.15) is 0 Å². The predicted octanol–water partition coefficient (Wildman–Crippen LogP) is 2.04. The fourth-order valence-electron chi connectivity index (χ4n) is 1.75. The monoisotopic (exact) mass is 192 g/mol. The molecule has 2 N–H and O–H groups in total. The maximum Gasteiger partial charge on any atom is 0.452 e. The Balaban J connectivity index is 2.67. The first-order chi connectivity index (χ1) is 6.74. The highest BCUT2D eigenvalue weighted by Crippen LogP contribution is 2.25. The van der Waals surface area contributed by atoms with Gasteiger partial charge >= 0.3 is 7.12 Å². The Morgan fingerprint density at radius 2 is 1.86 bits per heavy atom. The smallest absolute Gasteiger partial charge is 0.427 e. The number of hydrogen-bond donors (Lipinski definition) is 2. The highest BCUT2D eigenvalue weighted by molar-refractivity contribution is 6.41. The summed E-state index contributed by atoms with van der Waals surface area (Å²) in [5.74, 6) is 0.265. The summed E-state index contributed by atoms with van der Waals surface area (Å²) in [7, 11) is -1.20. The van der Waals surface area contributed by atoms with Crippen LogP contribution in [0.3, 0.4) is 0 Å². The lowest BCUT2D eigenvalue weighted by Gasteiger charge is -2.15. The molecule has 0 saturated heterocycles. The Kier molecular flexibility index (Phi) is 4.70. The van der Waals surface area contributed by atoms with Crippen molar-refractivity contribution in [2.75, 3.05) is 0 Å². The van der Waals surface area contributed by atoms with E-state index in [1.807, 2.05) is 30.3 Å². The lowest BCUT2D eigenvalue weighted by Crippen LogP contribution is -2.15. The molecule has 1 unspecified atom stereocenters. The summed E-state index contributed by atoms with van der Waals surface area (Å²) in [5, 5.41) is 17.9. The fraction of sp³-hybridized carbons (Fsp3) is 0.455. The zero-order valence-electron chi connectivity index (χ0n) is 8.56. The van der Waals surface area contributed by atoms with Crippen molar-refractivity contribution in [3.8, 4) is 0 Å². The number of rotatable bonds is 5. The molecule has 0 amide bonds. The SMILES string of the molecule is CCCC(CB(O)O)c1ccccc1. The van der Waals surface area contributed by atoms with Crippen LogP contribution in [0.4, 0.5) is 0 Å². The van der Waals surface area contributed by atoms with Crippen molar-refractivity contribution in [2.24, 2.45) is 0 Å². The molecule has 0 bridgehead atoms. The second kappa shape index (κ2) is 5.84. The van der Waals surface area contributed by atoms with E-state index in [1.54, 1.807) is 0 Å². The third-order valence-corrected chi connectivity index (χ3v) is 2.40. The third-order valence-electron chi connectivity index (χ3n) is 2.40. The van der Waals surface area contributed by atoms with Crippen molar-refractivity contribution in [3.05, 3.63) is 35.9 Å². The maximum absolute atomic E-state index is 8.97. The van der Waals surface area contributed by atoms with Crippen molar-refractivity contribution in [1.29, 1.82) is 0 Å². The molecular formula is C11H17BO2. The molecule has 0 aliphatic heterocycles. The Morgan fingerprint density at radius 3 is 2.36 bits per heavy atom. The van der Waals surface area contributed by atoms with Gasteiger partial charge in [0, 0.05) is 0 Å². The molecule has 0 spiro atoms. The van der Waals surface area contributed by atoms with E-state index in [9.17, 15) is 0 Å². The number of benzene rings is 1. The minimum absolute atomic E-state index is 0.265. The van der Waals surface area contributed by atoms with Crippen molar-refractivity contribution in [2.45, 2.75) is 32.0 Å². The molecule has 0 aliphatic carbocycles. The van der Waals surface area contributed by atoms with E-state index in [0.29, 0.717) is 6.32 Å². The van der Waals surface area contributed by atoms with Gasteiger partial charge in [-0.1, -0.05) is 43.7 Å². The van der Waals surface area contributed by atoms with Gasteiger partial charge in [0.25, 0.3) is 0 Å². The minimum atomic E-state index is -1.20. The number of hydrogen-bond acceptors (Lipinski definition) is 2. The summed E-state index contributed by atoms with van der Waals surface area (Å²) >= 11 is 0. The molecule has 76 valence electrons. The van der Waals surface area contributed by atoms with Crippen molar-refractivity contribution in [1.82, 2.24) is 0 Å². The lowest BCUT2D eigenvalue weighted by atomic mass is 9.74. The van der Waals surface area contributed by atoms with Crippen molar-refractivity contribution in [3.63, 3.8) is 0 Å². The summed E-state index contributed by atoms with van der Waals surface area (Å²) in [4.78, 5) is 0. The first-order valence-corrected chi connectivity index (χ1v) is 5.15. The first kappa shape index (κ1) is 11.3. The van der Waals surface area contributed by atoms with E-state index in [1.165, 1.54) is 5.56 Å². The second-order valence-corrected chi connectivity index (χ2v) is 3.61. The van der Waals surface area contributed by atoms with E-state index >= 15 is 0 Å². The Morgan fingerprint density at radius 1 is 1.21 bits per heavy atom. The predicted molar refractivity (Wildman–Crippen MR) is 59.1 cm³/mol. The normalized spacial score (nSPS) is 12.5. The van der Waals surface area contributed by atoms with Gasteiger partial charge in [0.05, 0.1) is 0 Å². The highest BCUT2D eigenvalue weighted by atomic mass is 16.4. The summed E-state index contributed by atoms with van der Waals surface area (Å²) in [6.45, 7) is 2.11. The third kappa shape index (κ3) is 3.52. The molecule has 1 atom stereocenters. The topological polar surface area (TPSA) is 40.5 Å². The van der Waals surface area contributed by atoms with Crippen LogP contribution >= 0.6 is 0 Å². The zero-order valence-corrected chi connectivity index (χ0v) is 8.56. The minimum Gasteiger partial charge on any atom is -0.427 e. The van der Waals surface area contributed by atoms with E-state index in [0.717, 1.165) is 12.8 Å². The Labute approximate surface area is 85.7 Å². The Hall–Kier alpha value is -0.795. The van der Waals surface area contributed by atoms with Crippen LogP contribution in [-0.2, 0) is 0 Å². The molecular weight excluding hydrogens is 175 g/mol. The van der Waals surface area contributed by atoms with Gasteiger partial charge in [-0.25, -0.2) is 0 Å².